The first kappa shape index (κ1) is 18.4. The highest BCUT2D eigenvalue weighted by Crippen LogP contribution is 2.55. The molecule has 0 radical (unpaired) electrons. The molecule has 2 heteroatoms. The van der Waals surface area contributed by atoms with Gasteiger partial charge in [-0.05, 0) is 63.6 Å². The smallest absolute Gasteiger partial charge is 0.127 e. The van der Waals surface area contributed by atoms with Gasteiger partial charge in [0.1, 0.15) is 17.1 Å². The molecular formula is C23H34O2. The minimum Gasteiger partial charge on any atom is -0.508 e. The average molecular weight is 343 g/mol. The fourth-order valence-electron chi connectivity index (χ4n) is 4.81. The zero-order valence-electron chi connectivity index (χ0n) is 16.2. The summed E-state index contributed by atoms with van der Waals surface area (Å²) in [7, 11) is 0. The van der Waals surface area contributed by atoms with E-state index < -0.39 is 0 Å². The molecule has 2 unspecified atom stereocenters. The van der Waals surface area contributed by atoms with Crippen LogP contribution >= 0.6 is 0 Å². The number of benzene rings is 1. The molecule has 138 valence electrons. The topological polar surface area (TPSA) is 29.5 Å². The summed E-state index contributed by atoms with van der Waals surface area (Å²) < 4.78 is 6.40. The van der Waals surface area contributed by atoms with Crippen molar-refractivity contribution in [2.24, 2.45) is 5.92 Å². The summed E-state index contributed by atoms with van der Waals surface area (Å²) in [5.74, 6) is 2.14. The molecule has 1 N–H and O–H groups in total. The van der Waals surface area contributed by atoms with E-state index in [9.17, 15) is 5.11 Å². The number of unbranched alkanes of at least 4 members (excludes halogenated alkanes) is 4. The van der Waals surface area contributed by atoms with Crippen molar-refractivity contribution in [1.29, 1.82) is 0 Å². The van der Waals surface area contributed by atoms with E-state index >= 15 is 0 Å². The zero-order chi connectivity index (χ0) is 18.0. The van der Waals surface area contributed by atoms with Gasteiger partial charge in [0.05, 0.1) is 0 Å². The van der Waals surface area contributed by atoms with Crippen LogP contribution in [0.2, 0.25) is 0 Å². The fraction of sp³-hybridized carbons (Fsp3) is 0.652. The van der Waals surface area contributed by atoms with E-state index in [0.29, 0.717) is 17.6 Å². The van der Waals surface area contributed by atoms with Gasteiger partial charge in [-0.2, -0.15) is 0 Å². The van der Waals surface area contributed by atoms with E-state index in [4.69, 9.17) is 4.74 Å². The number of hydrogen-bond donors (Lipinski definition) is 1. The second-order valence-electron chi connectivity index (χ2n) is 8.60. The van der Waals surface area contributed by atoms with E-state index in [-0.39, 0.29) is 5.60 Å². The van der Waals surface area contributed by atoms with Crippen LogP contribution in [-0.2, 0) is 6.42 Å². The van der Waals surface area contributed by atoms with Crippen LogP contribution in [0, 0.1) is 5.92 Å². The summed E-state index contributed by atoms with van der Waals surface area (Å²) in [6.45, 7) is 10.9. The Labute approximate surface area is 153 Å². The normalized spacial score (nSPS) is 24.4. The molecule has 1 aliphatic heterocycles. The highest BCUT2D eigenvalue weighted by Gasteiger charge is 2.46. The average Bonchev–Trinajstić information content (AvgIpc) is 2.53. The monoisotopic (exact) mass is 342 g/mol. The lowest BCUT2D eigenvalue weighted by molar-refractivity contribution is -0.000851. The van der Waals surface area contributed by atoms with Gasteiger partial charge in [-0.3, -0.25) is 0 Å². The Balaban J connectivity index is 1.81. The van der Waals surface area contributed by atoms with E-state index in [1.165, 1.54) is 43.2 Å². The van der Waals surface area contributed by atoms with Crippen LogP contribution in [0.3, 0.4) is 0 Å². The molecule has 25 heavy (non-hydrogen) atoms. The van der Waals surface area contributed by atoms with Gasteiger partial charge in [-0.15, -0.1) is 0 Å². The Hall–Kier alpha value is -1.44. The van der Waals surface area contributed by atoms with Crippen molar-refractivity contribution < 1.29 is 9.84 Å². The van der Waals surface area contributed by atoms with Gasteiger partial charge in [-0.25, -0.2) is 0 Å². The number of fused-ring (bicyclic) bond motifs is 3. The molecule has 1 fully saturated rings. The first-order valence-corrected chi connectivity index (χ1v) is 10.1. The second kappa shape index (κ2) is 7.43. The molecule has 3 rings (SSSR count). The SMILES string of the molecule is C=C1CCC2C(C1)c1c(O)cc(CCCCCCC)cc1OC2(C)C. The molecule has 2 atom stereocenters. The molecule has 0 aromatic heterocycles. The molecule has 1 aromatic rings. The van der Waals surface area contributed by atoms with E-state index in [0.717, 1.165) is 37.0 Å². The quantitative estimate of drug-likeness (QED) is 0.471. The molecule has 2 aliphatic rings. The van der Waals surface area contributed by atoms with Gasteiger partial charge in [0.25, 0.3) is 0 Å². The predicted octanol–water partition coefficient (Wildman–Crippen LogP) is 6.52. The third kappa shape index (κ3) is 3.88. The summed E-state index contributed by atoms with van der Waals surface area (Å²) in [6.07, 6.45) is 10.5. The van der Waals surface area contributed by atoms with Crippen LogP contribution in [0.5, 0.6) is 11.5 Å². The number of ether oxygens (including phenoxy) is 1. The lowest BCUT2D eigenvalue weighted by Gasteiger charge is -2.48. The summed E-state index contributed by atoms with van der Waals surface area (Å²) in [6, 6.07) is 4.17. The van der Waals surface area contributed by atoms with Gasteiger partial charge in [-0.1, -0.05) is 44.8 Å². The Kier molecular flexibility index (Phi) is 5.46. The maximum Gasteiger partial charge on any atom is 0.127 e. The summed E-state index contributed by atoms with van der Waals surface area (Å²) in [5, 5.41) is 10.8. The molecule has 0 spiro atoms. The highest BCUT2D eigenvalue weighted by atomic mass is 16.5. The number of phenols is 1. The minimum atomic E-state index is -0.176. The first-order chi connectivity index (χ1) is 11.9. The van der Waals surface area contributed by atoms with Crippen molar-refractivity contribution in [3.63, 3.8) is 0 Å². The van der Waals surface area contributed by atoms with Crippen molar-refractivity contribution in [3.8, 4) is 11.5 Å². The van der Waals surface area contributed by atoms with E-state index in [2.05, 4.69) is 33.4 Å². The maximum atomic E-state index is 10.8. The van der Waals surface area contributed by atoms with Crippen molar-refractivity contribution in [2.45, 2.75) is 90.1 Å². The lowest BCUT2D eigenvalue weighted by atomic mass is 9.65. The molecule has 2 nitrogen and oxygen atoms in total. The zero-order valence-corrected chi connectivity index (χ0v) is 16.2. The van der Waals surface area contributed by atoms with Crippen LogP contribution in [-0.4, -0.2) is 10.7 Å². The predicted molar refractivity (Wildman–Crippen MR) is 104 cm³/mol. The summed E-state index contributed by atoms with van der Waals surface area (Å²) in [4.78, 5) is 0. The number of aryl methyl sites for hydroxylation is 1. The van der Waals surface area contributed by atoms with Gasteiger partial charge in [0.2, 0.25) is 0 Å². The number of phenolic OH excluding ortho intramolecular Hbond substituents is 1. The van der Waals surface area contributed by atoms with E-state index in [1.54, 1.807) is 0 Å². The molecule has 1 saturated carbocycles. The van der Waals surface area contributed by atoms with E-state index in [1.807, 2.05) is 6.07 Å². The van der Waals surface area contributed by atoms with Gasteiger partial charge < -0.3 is 9.84 Å². The largest absolute Gasteiger partial charge is 0.508 e. The van der Waals surface area contributed by atoms with Crippen LogP contribution in [0.15, 0.2) is 24.3 Å². The van der Waals surface area contributed by atoms with Crippen LogP contribution in [0.4, 0.5) is 0 Å². The van der Waals surface area contributed by atoms with Crippen molar-refractivity contribution >= 4 is 0 Å². The number of aromatic hydroxyl groups is 1. The first-order valence-electron chi connectivity index (χ1n) is 10.1. The second-order valence-corrected chi connectivity index (χ2v) is 8.60. The standard InChI is InChI=1S/C23H34O2/c1-5-6-7-8-9-10-17-14-20(24)22-18-13-16(2)11-12-19(18)23(3,4)25-21(22)15-17/h14-15,18-19,24H,2,5-13H2,1,3-4H3. The number of allylic oxidation sites excluding steroid dienone is 1. The number of rotatable bonds is 6. The molecule has 1 aromatic carbocycles. The third-order valence-corrected chi connectivity index (χ3v) is 6.19. The molecule has 0 amide bonds. The molecule has 0 bridgehead atoms. The van der Waals surface area contributed by atoms with Crippen LogP contribution in [0.25, 0.3) is 0 Å². The van der Waals surface area contributed by atoms with Crippen molar-refractivity contribution in [1.82, 2.24) is 0 Å². The summed E-state index contributed by atoms with van der Waals surface area (Å²) >= 11 is 0. The van der Waals surface area contributed by atoms with Crippen LogP contribution in [0.1, 0.15) is 89.2 Å². The maximum absolute atomic E-state index is 10.8. The highest BCUT2D eigenvalue weighted by molar-refractivity contribution is 5.52. The fourth-order valence-corrected chi connectivity index (χ4v) is 4.81. The van der Waals surface area contributed by atoms with Gasteiger partial charge in [0, 0.05) is 17.4 Å². The lowest BCUT2D eigenvalue weighted by Crippen LogP contribution is -2.46. The number of hydrogen-bond acceptors (Lipinski definition) is 2. The Bertz CT molecular complexity index is 629. The summed E-state index contributed by atoms with van der Waals surface area (Å²) in [5.41, 5.74) is 3.37. The molecule has 1 aliphatic carbocycles. The van der Waals surface area contributed by atoms with Crippen molar-refractivity contribution in [3.05, 3.63) is 35.4 Å². The molecular weight excluding hydrogens is 308 g/mol. The molecule has 1 heterocycles. The molecule has 0 saturated heterocycles. The van der Waals surface area contributed by atoms with Gasteiger partial charge >= 0.3 is 0 Å². The third-order valence-electron chi connectivity index (χ3n) is 6.19. The Morgan fingerprint density at radius 2 is 1.96 bits per heavy atom. The minimum absolute atomic E-state index is 0.176. The van der Waals surface area contributed by atoms with Crippen LogP contribution < -0.4 is 4.74 Å². The Morgan fingerprint density at radius 3 is 2.72 bits per heavy atom. The van der Waals surface area contributed by atoms with Gasteiger partial charge in [0.15, 0.2) is 0 Å². The van der Waals surface area contributed by atoms with Crippen molar-refractivity contribution in [2.75, 3.05) is 0 Å². The Morgan fingerprint density at radius 1 is 1.20 bits per heavy atom.